The van der Waals surface area contributed by atoms with E-state index in [0.29, 0.717) is 12.8 Å². The van der Waals surface area contributed by atoms with Crippen molar-refractivity contribution in [3.05, 3.63) is 35.4 Å². The van der Waals surface area contributed by atoms with Crippen molar-refractivity contribution in [2.45, 2.75) is 46.6 Å². The summed E-state index contributed by atoms with van der Waals surface area (Å²) in [6.45, 7) is 8.35. The van der Waals surface area contributed by atoms with Crippen LogP contribution in [0.4, 0.5) is 0 Å². The highest BCUT2D eigenvalue weighted by Crippen LogP contribution is 2.34. The van der Waals surface area contributed by atoms with E-state index < -0.39 is 9.84 Å². The van der Waals surface area contributed by atoms with Crippen molar-refractivity contribution in [3.8, 4) is 0 Å². The van der Waals surface area contributed by atoms with Crippen LogP contribution >= 0.6 is 0 Å². The van der Waals surface area contributed by atoms with Gasteiger partial charge in [-0.25, -0.2) is 8.42 Å². The van der Waals surface area contributed by atoms with Crippen LogP contribution in [-0.4, -0.2) is 25.8 Å². The molecule has 1 amide bonds. The summed E-state index contributed by atoms with van der Waals surface area (Å²) in [7, 11) is -2.94. The zero-order valence-electron chi connectivity index (χ0n) is 14.4. The van der Waals surface area contributed by atoms with Gasteiger partial charge in [0, 0.05) is 5.92 Å². The van der Waals surface area contributed by atoms with Crippen molar-refractivity contribution >= 4 is 15.7 Å². The lowest BCUT2D eigenvalue weighted by molar-refractivity contribution is -0.126. The average Bonchev–Trinajstić information content (AvgIpc) is 2.43. The molecule has 0 bridgehead atoms. The molecule has 0 saturated carbocycles. The molecule has 128 valence electrons. The van der Waals surface area contributed by atoms with Gasteiger partial charge in [0.05, 0.1) is 17.5 Å². The van der Waals surface area contributed by atoms with E-state index in [1.54, 1.807) is 0 Å². The summed E-state index contributed by atoms with van der Waals surface area (Å²) >= 11 is 0. The van der Waals surface area contributed by atoms with Crippen LogP contribution in [0.1, 0.15) is 50.8 Å². The monoisotopic (exact) mass is 337 g/mol. The molecule has 5 heteroatoms. The minimum Gasteiger partial charge on any atom is -0.349 e. The zero-order chi connectivity index (χ0) is 17.3. The lowest BCUT2D eigenvalue weighted by atomic mass is 9.81. The summed E-state index contributed by atoms with van der Waals surface area (Å²) in [5.41, 5.74) is 2.13. The number of nitrogens with one attached hydrogen (secondary N) is 1. The molecule has 1 aromatic carbocycles. The molecule has 0 aliphatic carbocycles. The third kappa shape index (κ3) is 4.80. The molecule has 1 fully saturated rings. The normalized spacial score (nSPS) is 20.0. The van der Waals surface area contributed by atoms with Crippen molar-refractivity contribution < 1.29 is 13.2 Å². The Labute approximate surface area is 139 Å². The Morgan fingerprint density at radius 2 is 1.83 bits per heavy atom. The van der Waals surface area contributed by atoms with Crippen LogP contribution in [-0.2, 0) is 14.6 Å². The summed E-state index contributed by atoms with van der Waals surface area (Å²) in [5, 5.41) is 3.16. The largest absolute Gasteiger partial charge is 0.349 e. The summed E-state index contributed by atoms with van der Waals surface area (Å²) < 4.78 is 23.1. The van der Waals surface area contributed by atoms with Gasteiger partial charge >= 0.3 is 0 Å². The number of aryl methyl sites for hydroxylation is 1. The molecule has 0 unspecified atom stereocenters. The second-order valence-corrected chi connectivity index (χ2v) is 9.95. The number of benzene rings is 1. The predicted molar refractivity (Wildman–Crippen MR) is 92.9 cm³/mol. The molecule has 0 radical (unpaired) electrons. The zero-order valence-corrected chi connectivity index (χ0v) is 15.2. The standard InChI is InChI=1S/C18H27NO3S/c1-13-6-5-7-15(12-13)16(18(2,3)4)19-17(20)14-8-10-23(21,22)11-9-14/h5-7,12,14,16H,8-11H2,1-4H3,(H,19,20)/t16-/m1/s1. The smallest absolute Gasteiger partial charge is 0.223 e. The molecular formula is C18H27NO3S. The van der Waals surface area contributed by atoms with Crippen LogP contribution in [0.15, 0.2) is 24.3 Å². The van der Waals surface area contributed by atoms with Crippen LogP contribution in [0.2, 0.25) is 0 Å². The molecule has 1 N–H and O–H groups in total. The first-order chi connectivity index (χ1) is 10.6. The Morgan fingerprint density at radius 3 is 2.35 bits per heavy atom. The molecule has 1 saturated heterocycles. The summed E-state index contributed by atoms with van der Waals surface area (Å²) in [6.07, 6.45) is 0.859. The Morgan fingerprint density at radius 1 is 1.22 bits per heavy atom. The minimum absolute atomic E-state index is 0.0265. The van der Waals surface area contributed by atoms with E-state index in [2.05, 4.69) is 32.2 Å². The first kappa shape index (κ1) is 18.0. The quantitative estimate of drug-likeness (QED) is 0.922. The Balaban J connectivity index is 2.14. The van der Waals surface area contributed by atoms with E-state index in [0.717, 1.165) is 11.1 Å². The Bertz CT molecular complexity index is 660. The van der Waals surface area contributed by atoms with Crippen LogP contribution in [0.3, 0.4) is 0 Å². The number of carbonyl (C=O) groups excluding carboxylic acids is 1. The molecule has 2 rings (SSSR count). The molecule has 1 aliphatic heterocycles. The van der Waals surface area contributed by atoms with Crippen LogP contribution in [0, 0.1) is 18.3 Å². The molecule has 1 aromatic rings. The maximum absolute atomic E-state index is 12.6. The third-order valence-electron chi connectivity index (χ3n) is 4.45. The topological polar surface area (TPSA) is 63.2 Å². The molecule has 4 nitrogen and oxygen atoms in total. The highest BCUT2D eigenvalue weighted by molar-refractivity contribution is 7.91. The van der Waals surface area contributed by atoms with Crippen molar-refractivity contribution in [2.75, 3.05) is 11.5 Å². The summed E-state index contributed by atoms with van der Waals surface area (Å²) in [4.78, 5) is 12.6. The molecule has 0 spiro atoms. The number of hydrogen-bond acceptors (Lipinski definition) is 3. The minimum atomic E-state index is -2.94. The van der Waals surface area contributed by atoms with Gasteiger partial charge in [-0.1, -0.05) is 50.6 Å². The second-order valence-electron chi connectivity index (χ2n) is 7.65. The fraction of sp³-hybridized carbons (Fsp3) is 0.611. The fourth-order valence-electron chi connectivity index (χ4n) is 3.06. The van der Waals surface area contributed by atoms with E-state index in [4.69, 9.17) is 0 Å². The number of rotatable bonds is 3. The van der Waals surface area contributed by atoms with Crippen molar-refractivity contribution in [3.63, 3.8) is 0 Å². The molecule has 1 heterocycles. The van der Waals surface area contributed by atoms with Crippen molar-refractivity contribution in [2.24, 2.45) is 11.3 Å². The Kier molecular flexibility index (Phi) is 5.19. The number of hydrogen-bond donors (Lipinski definition) is 1. The molecule has 1 atom stereocenters. The molecule has 0 aromatic heterocycles. The van der Waals surface area contributed by atoms with E-state index in [1.807, 2.05) is 25.1 Å². The first-order valence-electron chi connectivity index (χ1n) is 8.16. The SMILES string of the molecule is Cc1cccc([C@@H](NC(=O)C2CCS(=O)(=O)CC2)C(C)(C)C)c1. The van der Waals surface area contributed by atoms with Gasteiger partial charge in [-0.2, -0.15) is 0 Å². The van der Waals surface area contributed by atoms with E-state index in [9.17, 15) is 13.2 Å². The van der Waals surface area contributed by atoms with Gasteiger partial charge in [0.15, 0.2) is 0 Å². The predicted octanol–water partition coefficient (Wildman–Crippen LogP) is 3.02. The lowest BCUT2D eigenvalue weighted by Crippen LogP contribution is -2.42. The van der Waals surface area contributed by atoms with E-state index >= 15 is 0 Å². The number of sulfone groups is 1. The number of amides is 1. The van der Waals surface area contributed by atoms with Crippen LogP contribution in [0.5, 0.6) is 0 Å². The molecular weight excluding hydrogens is 310 g/mol. The van der Waals surface area contributed by atoms with Gasteiger partial charge < -0.3 is 5.32 Å². The Hall–Kier alpha value is -1.36. The maximum Gasteiger partial charge on any atom is 0.223 e. The summed E-state index contributed by atoms with van der Waals surface area (Å²) in [5.74, 6) is 0.0142. The van der Waals surface area contributed by atoms with Gasteiger partial charge in [0.2, 0.25) is 5.91 Å². The first-order valence-corrected chi connectivity index (χ1v) is 9.98. The van der Waals surface area contributed by atoms with Crippen LogP contribution < -0.4 is 5.32 Å². The summed E-state index contributed by atoms with van der Waals surface area (Å²) in [6, 6.07) is 8.09. The van der Waals surface area contributed by atoms with Crippen molar-refractivity contribution in [1.82, 2.24) is 5.32 Å². The van der Waals surface area contributed by atoms with Gasteiger partial charge in [0.1, 0.15) is 9.84 Å². The lowest BCUT2D eigenvalue weighted by Gasteiger charge is -2.34. The average molecular weight is 337 g/mol. The van der Waals surface area contributed by atoms with Crippen LogP contribution in [0.25, 0.3) is 0 Å². The van der Waals surface area contributed by atoms with Gasteiger partial charge in [-0.15, -0.1) is 0 Å². The van der Waals surface area contributed by atoms with Gasteiger partial charge in [-0.3, -0.25) is 4.79 Å². The second kappa shape index (κ2) is 6.63. The maximum atomic E-state index is 12.6. The van der Waals surface area contributed by atoms with Gasteiger partial charge in [0.25, 0.3) is 0 Å². The highest BCUT2D eigenvalue weighted by atomic mass is 32.2. The highest BCUT2D eigenvalue weighted by Gasteiger charge is 2.33. The van der Waals surface area contributed by atoms with E-state index in [-0.39, 0.29) is 34.8 Å². The molecule has 23 heavy (non-hydrogen) atoms. The molecule has 1 aliphatic rings. The van der Waals surface area contributed by atoms with Crippen molar-refractivity contribution in [1.29, 1.82) is 0 Å². The third-order valence-corrected chi connectivity index (χ3v) is 6.17. The van der Waals surface area contributed by atoms with Gasteiger partial charge in [-0.05, 0) is 30.7 Å². The van der Waals surface area contributed by atoms with E-state index in [1.165, 1.54) is 0 Å². The number of carbonyl (C=O) groups is 1. The fourth-order valence-corrected chi connectivity index (χ4v) is 4.55.